The Kier molecular flexibility index (Phi) is 4.19. The molecule has 2 aromatic rings. The van der Waals surface area contributed by atoms with E-state index < -0.39 is 24.0 Å². The number of halogens is 2. The number of nitrogens with one attached hydrogen (secondary N) is 1. The molecule has 3 rings (SSSR count). The van der Waals surface area contributed by atoms with Gasteiger partial charge in [-0.05, 0) is 42.2 Å². The summed E-state index contributed by atoms with van der Waals surface area (Å²) in [4.78, 5) is 24.8. The van der Waals surface area contributed by atoms with Crippen molar-refractivity contribution in [2.75, 3.05) is 5.32 Å². The molecule has 0 radical (unpaired) electrons. The predicted octanol–water partition coefficient (Wildman–Crippen LogP) is 4.02. The van der Waals surface area contributed by atoms with E-state index in [1.165, 1.54) is 12.1 Å². The van der Waals surface area contributed by atoms with E-state index in [1.807, 2.05) is 24.0 Å². The zero-order chi connectivity index (χ0) is 17.4. The summed E-state index contributed by atoms with van der Waals surface area (Å²) in [6.07, 6.45) is 3.65. The highest BCUT2D eigenvalue weighted by Gasteiger charge is 2.36. The maximum atomic E-state index is 13.2. The largest absolute Gasteiger partial charge is 0.465 e. The molecule has 6 nitrogen and oxygen atoms in total. The van der Waals surface area contributed by atoms with Crippen LogP contribution in [0.1, 0.15) is 23.6 Å². The normalized spacial score (nSPS) is 15.9. The molecule has 1 heterocycles. The molecule has 0 bridgehead atoms. The molecular formula is C16H15ClFN3O3. The van der Waals surface area contributed by atoms with E-state index in [0.717, 1.165) is 22.1 Å². The Hall–Kier alpha value is -2.54. The number of anilines is 1. The van der Waals surface area contributed by atoms with Gasteiger partial charge >= 0.3 is 12.1 Å². The molecule has 1 aromatic carbocycles. The maximum Gasteiger partial charge on any atom is 0.416 e. The Morgan fingerprint density at radius 2 is 2.17 bits per heavy atom. The number of urea groups is 1. The zero-order valence-corrected chi connectivity index (χ0v) is 13.5. The molecule has 24 heavy (non-hydrogen) atoms. The second kappa shape index (κ2) is 6.16. The maximum absolute atomic E-state index is 13.2. The van der Waals surface area contributed by atoms with Crippen molar-refractivity contribution in [3.63, 3.8) is 0 Å². The van der Waals surface area contributed by atoms with Gasteiger partial charge in [-0.1, -0.05) is 11.6 Å². The monoisotopic (exact) mass is 351 g/mol. The van der Waals surface area contributed by atoms with E-state index >= 15 is 0 Å². The van der Waals surface area contributed by atoms with Crippen LogP contribution in [0.4, 0.5) is 19.7 Å². The quantitative estimate of drug-likeness (QED) is 0.858. The van der Waals surface area contributed by atoms with Gasteiger partial charge in [0, 0.05) is 25.1 Å². The molecule has 1 aromatic heterocycles. The number of carbonyl (C=O) groups excluding carboxylic acids is 1. The van der Waals surface area contributed by atoms with Crippen molar-refractivity contribution in [3.8, 4) is 0 Å². The molecule has 0 aliphatic heterocycles. The molecular weight excluding hydrogens is 337 g/mol. The van der Waals surface area contributed by atoms with Gasteiger partial charge in [-0.15, -0.1) is 0 Å². The number of nitrogens with zero attached hydrogens (tertiary/aromatic N) is 2. The second-order valence-corrected chi connectivity index (χ2v) is 6.08. The SMILES string of the molecule is Cn1cc2c(c1)[C@@H](N(C(=O)O)C(=O)Nc1ccc(F)c(Cl)c1)CC2. The van der Waals surface area contributed by atoms with E-state index in [1.54, 1.807) is 0 Å². The topological polar surface area (TPSA) is 74.6 Å². The van der Waals surface area contributed by atoms with Crippen LogP contribution in [0.15, 0.2) is 30.6 Å². The lowest BCUT2D eigenvalue weighted by Crippen LogP contribution is -2.41. The lowest BCUT2D eigenvalue weighted by molar-refractivity contribution is 0.137. The van der Waals surface area contributed by atoms with Gasteiger partial charge in [0.2, 0.25) is 0 Å². The van der Waals surface area contributed by atoms with Crippen molar-refractivity contribution in [1.82, 2.24) is 9.47 Å². The number of hydrogen-bond donors (Lipinski definition) is 2. The Labute approximate surface area is 142 Å². The van der Waals surface area contributed by atoms with Gasteiger partial charge in [0.25, 0.3) is 0 Å². The van der Waals surface area contributed by atoms with Crippen molar-refractivity contribution in [2.45, 2.75) is 18.9 Å². The van der Waals surface area contributed by atoms with Crippen molar-refractivity contribution < 1.29 is 19.1 Å². The van der Waals surface area contributed by atoms with Gasteiger partial charge in [0.1, 0.15) is 5.82 Å². The number of benzene rings is 1. The first-order valence-corrected chi connectivity index (χ1v) is 7.67. The number of aryl methyl sites for hydroxylation is 2. The standard InChI is InChI=1S/C16H15ClFN3O3/c1-20-7-9-2-5-14(11(9)8-20)21(16(23)24)15(22)19-10-3-4-13(18)12(17)6-10/h3-4,6-8,14H,2,5H2,1H3,(H,19,22)(H,23,24)/t14-/m0/s1. The summed E-state index contributed by atoms with van der Waals surface area (Å²) in [5, 5.41) is 11.8. The summed E-state index contributed by atoms with van der Waals surface area (Å²) in [6.45, 7) is 0. The van der Waals surface area contributed by atoms with Crippen molar-refractivity contribution in [1.29, 1.82) is 0 Å². The molecule has 8 heteroatoms. The highest BCUT2D eigenvalue weighted by Crippen LogP contribution is 2.36. The van der Waals surface area contributed by atoms with Gasteiger partial charge < -0.3 is 15.0 Å². The molecule has 0 saturated heterocycles. The molecule has 3 amide bonds. The molecule has 0 unspecified atom stereocenters. The molecule has 0 saturated carbocycles. The average molecular weight is 352 g/mol. The molecule has 0 fully saturated rings. The first-order chi connectivity index (χ1) is 11.4. The lowest BCUT2D eigenvalue weighted by atomic mass is 10.1. The summed E-state index contributed by atoms with van der Waals surface area (Å²) in [6, 6.07) is 2.31. The van der Waals surface area contributed by atoms with Crippen LogP contribution < -0.4 is 5.32 Å². The molecule has 0 spiro atoms. The molecule has 1 aliphatic rings. The Balaban J connectivity index is 1.84. The minimum absolute atomic E-state index is 0.152. The minimum atomic E-state index is -1.34. The predicted molar refractivity (Wildman–Crippen MR) is 86.8 cm³/mol. The first kappa shape index (κ1) is 16.3. The number of rotatable bonds is 2. The smallest absolute Gasteiger partial charge is 0.416 e. The van der Waals surface area contributed by atoms with Crippen LogP contribution in [0.3, 0.4) is 0 Å². The fourth-order valence-electron chi connectivity index (χ4n) is 3.00. The number of fused-ring (bicyclic) bond motifs is 1. The van der Waals surface area contributed by atoms with Gasteiger partial charge in [-0.25, -0.2) is 18.9 Å². The third-order valence-electron chi connectivity index (χ3n) is 4.03. The van der Waals surface area contributed by atoms with Crippen LogP contribution in [0.5, 0.6) is 0 Å². The van der Waals surface area contributed by atoms with Gasteiger partial charge in [-0.3, -0.25) is 0 Å². The van der Waals surface area contributed by atoms with Crippen LogP contribution in [-0.4, -0.2) is 26.7 Å². The Morgan fingerprint density at radius 1 is 1.42 bits per heavy atom. The highest BCUT2D eigenvalue weighted by molar-refractivity contribution is 6.31. The number of imide groups is 1. The van der Waals surface area contributed by atoms with Crippen LogP contribution in [0, 0.1) is 5.82 Å². The first-order valence-electron chi connectivity index (χ1n) is 7.29. The Morgan fingerprint density at radius 3 is 2.83 bits per heavy atom. The van der Waals surface area contributed by atoms with Gasteiger partial charge in [0.05, 0.1) is 11.1 Å². The summed E-state index contributed by atoms with van der Waals surface area (Å²) >= 11 is 5.68. The van der Waals surface area contributed by atoms with Gasteiger partial charge in [-0.2, -0.15) is 0 Å². The number of carbonyl (C=O) groups is 2. The summed E-state index contributed by atoms with van der Waals surface area (Å²) in [5.74, 6) is -0.616. The molecule has 126 valence electrons. The van der Waals surface area contributed by atoms with Crippen LogP contribution in [0.2, 0.25) is 5.02 Å². The van der Waals surface area contributed by atoms with E-state index in [9.17, 15) is 19.1 Å². The number of aromatic nitrogens is 1. The lowest BCUT2D eigenvalue weighted by Gasteiger charge is -2.24. The summed E-state index contributed by atoms with van der Waals surface area (Å²) < 4.78 is 15.0. The molecule has 2 N–H and O–H groups in total. The summed E-state index contributed by atoms with van der Waals surface area (Å²) in [5.41, 5.74) is 2.09. The van der Waals surface area contributed by atoms with E-state index in [4.69, 9.17) is 11.6 Å². The zero-order valence-electron chi connectivity index (χ0n) is 12.8. The van der Waals surface area contributed by atoms with Crippen LogP contribution >= 0.6 is 11.6 Å². The fraction of sp³-hybridized carbons (Fsp3) is 0.250. The van der Waals surface area contributed by atoms with Gasteiger partial charge in [0.15, 0.2) is 0 Å². The van der Waals surface area contributed by atoms with E-state index in [-0.39, 0.29) is 10.7 Å². The Bertz CT molecular complexity index is 821. The average Bonchev–Trinajstić information content (AvgIpc) is 3.03. The molecule has 1 aliphatic carbocycles. The van der Waals surface area contributed by atoms with Crippen LogP contribution in [-0.2, 0) is 13.5 Å². The van der Waals surface area contributed by atoms with Crippen molar-refractivity contribution >= 4 is 29.4 Å². The van der Waals surface area contributed by atoms with E-state index in [2.05, 4.69) is 5.32 Å². The third kappa shape index (κ3) is 2.94. The second-order valence-electron chi connectivity index (χ2n) is 5.67. The van der Waals surface area contributed by atoms with Crippen molar-refractivity contribution in [3.05, 3.63) is 52.6 Å². The number of carboxylic acid groups (broad SMARTS) is 1. The van der Waals surface area contributed by atoms with E-state index in [0.29, 0.717) is 12.8 Å². The van der Waals surface area contributed by atoms with Crippen molar-refractivity contribution in [2.24, 2.45) is 7.05 Å². The highest BCUT2D eigenvalue weighted by atomic mass is 35.5. The molecule has 1 atom stereocenters. The third-order valence-corrected chi connectivity index (χ3v) is 4.32. The minimum Gasteiger partial charge on any atom is -0.465 e. The van der Waals surface area contributed by atoms with Crippen LogP contribution in [0.25, 0.3) is 0 Å². The number of amides is 3. The fourth-order valence-corrected chi connectivity index (χ4v) is 3.18. The number of hydrogen-bond acceptors (Lipinski definition) is 2. The summed E-state index contributed by atoms with van der Waals surface area (Å²) in [7, 11) is 1.85.